The molecular weight excluding hydrogens is 398 g/mol. The molecular formula is C25H24ClNO3. The number of benzene rings is 3. The summed E-state index contributed by atoms with van der Waals surface area (Å²) in [5.41, 5.74) is 3.19. The van der Waals surface area contributed by atoms with E-state index in [9.17, 15) is 9.90 Å². The van der Waals surface area contributed by atoms with Gasteiger partial charge >= 0.3 is 5.97 Å². The monoisotopic (exact) mass is 421 g/mol. The summed E-state index contributed by atoms with van der Waals surface area (Å²) >= 11 is 6.08. The van der Waals surface area contributed by atoms with Crippen LogP contribution in [0.2, 0.25) is 5.02 Å². The molecule has 0 bridgehead atoms. The second-order valence-electron chi connectivity index (χ2n) is 7.53. The summed E-state index contributed by atoms with van der Waals surface area (Å²) in [6.07, 6.45) is 1.54. The zero-order chi connectivity index (χ0) is 20.9. The van der Waals surface area contributed by atoms with Crippen LogP contribution < -0.4 is 4.74 Å². The van der Waals surface area contributed by atoms with Gasteiger partial charge in [0.25, 0.3) is 0 Å². The number of ether oxygens (including phenoxy) is 1. The van der Waals surface area contributed by atoms with Crippen LogP contribution in [0.15, 0.2) is 78.9 Å². The molecule has 30 heavy (non-hydrogen) atoms. The second kappa shape index (κ2) is 9.33. The molecule has 1 fully saturated rings. The normalized spacial score (nSPS) is 17.6. The van der Waals surface area contributed by atoms with Crippen molar-refractivity contribution in [2.75, 3.05) is 6.54 Å². The zero-order valence-corrected chi connectivity index (χ0v) is 17.3. The van der Waals surface area contributed by atoms with Crippen molar-refractivity contribution in [2.45, 2.75) is 31.5 Å². The highest BCUT2D eigenvalue weighted by atomic mass is 35.5. The first-order valence-corrected chi connectivity index (χ1v) is 10.5. The lowest BCUT2D eigenvalue weighted by Crippen LogP contribution is -2.39. The van der Waals surface area contributed by atoms with Gasteiger partial charge in [0.05, 0.1) is 6.04 Å². The standard InChI is InChI=1S/C25H24ClNO3/c26-21-12-8-19(9-13-21)24(27-16-4-7-23(27)25(28)29)20-10-14-22(15-11-20)30-17-18-5-2-1-3-6-18/h1-3,5-6,8-15,23-24H,4,7,16-17H2,(H,28,29). The van der Waals surface area contributed by atoms with Crippen LogP contribution in [0.3, 0.4) is 0 Å². The van der Waals surface area contributed by atoms with Crippen LogP contribution >= 0.6 is 11.6 Å². The fourth-order valence-corrected chi connectivity index (χ4v) is 4.20. The van der Waals surface area contributed by atoms with Crippen molar-refractivity contribution in [3.8, 4) is 5.75 Å². The molecule has 3 aromatic rings. The number of nitrogens with zero attached hydrogens (tertiary/aromatic N) is 1. The van der Waals surface area contributed by atoms with E-state index in [1.54, 1.807) is 0 Å². The minimum atomic E-state index is -0.769. The highest BCUT2D eigenvalue weighted by Gasteiger charge is 2.36. The van der Waals surface area contributed by atoms with E-state index in [0.717, 1.165) is 35.4 Å². The van der Waals surface area contributed by atoms with Crippen LogP contribution in [-0.2, 0) is 11.4 Å². The van der Waals surface area contributed by atoms with Crippen molar-refractivity contribution in [3.05, 3.63) is 101 Å². The Hall–Kier alpha value is -2.82. The van der Waals surface area contributed by atoms with Crippen LogP contribution in [0.1, 0.15) is 35.6 Å². The summed E-state index contributed by atoms with van der Waals surface area (Å²) in [6.45, 7) is 1.25. The lowest BCUT2D eigenvalue weighted by Gasteiger charge is -2.32. The highest BCUT2D eigenvalue weighted by Crippen LogP contribution is 2.36. The first kappa shape index (κ1) is 20.5. The average Bonchev–Trinajstić information content (AvgIpc) is 3.25. The summed E-state index contributed by atoms with van der Waals surface area (Å²) in [5.74, 6) is 0.0166. The smallest absolute Gasteiger partial charge is 0.320 e. The van der Waals surface area contributed by atoms with Crippen LogP contribution in [0.4, 0.5) is 0 Å². The summed E-state index contributed by atoms with van der Waals surface area (Å²) in [6, 6.07) is 25.0. The Labute approximate surface area is 181 Å². The summed E-state index contributed by atoms with van der Waals surface area (Å²) in [4.78, 5) is 13.9. The Balaban J connectivity index is 1.58. The van der Waals surface area contributed by atoms with Crippen LogP contribution in [-0.4, -0.2) is 28.6 Å². The lowest BCUT2D eigenvalue weighted by molar-refractivity contribution is -0.142. The van der Waals surface area contributed by atoms with E-state index in [4.69, 9.17) is 16.3 Å². The molecule has 5 heteroatoms. The average molecular weight is 422 g/mol. The topological polar surface area (TPSA) is 49.8 Å². The number of carboxylic acid groups (broad SMARTS) is 1. The minimum absolute atomic E-state index is 0.144. The van der Waals surface area contributed by atoms with E-state index in [1.807, 2.05) is 78.9 Å². The first-order valence-electron chi connectivity index (χ1n) is 10.1. The molecule has 1 aliphatic rings. The number of carboxylic acids is 1. The van der Waals surface area contributed by atoms with Crippen molar-refractivity contribution in [3.63, 3.8) is 0 Å². The number of hydrogen-bond acceptors (Lipinski definition) is 3. The molecule has 0 aromatic heterocycles. The van der Waals surface area contributed by atoms with E-state index in [-0.39, 0.29) is 6.04 Å². The predicted molar refractivity (Wildman–Crippen MR) is 118 cm³/mol. The molecule has 2 unspecified atom stereocenters. The molecule has 1 N–H and O–H groups in total. The largest absolute Gasteiger partial charge is 0.489 e. The Bertz CT molecular complexity index is 974. The molecule has 1 aliphatic heterocycles. The van der Waals surface area contributed by atoms with Crippen LogP contribution in [0, 0.1) is 0 Å². The molecule has 4 nitrogen and oxygen atoms in total. The third-order valence-electron chi connectivity index (χ3n) is 5.54. The number of aliphatic carboxylic acids is 1. The van der Waals surface area contributed by atoms with Gasteiger partial charge in [-0.25, -0.2) is 0 Å². The molecule has 4 rings (SSSR count). The Morgan fingerprint density at radius 2 is 1.63 bits per heavy atom. The van der Waals surface area contributed by atoms with Crippen molar-refractivity contribution < 1.29 is 14.6 Å². The van der Waals surface area contributed by atoms with Gasteiger partial charge in [-0.15, -0.1) is 0 Å². The fourth-order valence-electron chi connectivity index (χ4n) is 4.07. The molecule has 0 aliphatic carbocycles. The van der Waals surface area contributed by atoms with Crippen molar-refractivity contribution >= 4 is 17.6 Å². The third-order valence-corrected chi connectivity index (χ3v) is 5.79. The van der Waals surface area contributed by atoms with Gasteiger partial charge < -0.3 is 9.84 Å². The van der Waals surface area contributed by atoms with Gasteiger partial charge in [0.1, 0.15) is 18.4 Å². The number of rotatable bonds is 7. The van der Waals surface area contributed by atoms with E-state index in [1.165, 1.54) is 0 Å². The maximum absolute atomic E-state index is 11.8. The van der Waals surface area contributed by atoms with Gasteiger partial charge in [0.2, 0.25) is 0 Å². The molecule has 2 atom stereocenters. The fraction of sp³-hybridized carbons (Fsp3) is 0.240. The maximum atomic E-state index is 11.8. The second-order valence-corrected chi connectivity index (χ2v) is 7.97. The minimum Gasteiger partial charge on any atom is -0.489 e. The van der Waals surface area contributed by atoms with E-state index >= 15 is 0 Å². The zero-order valence-electron chi connectivity index (χ0n) is 16.6. The van der Waals surface area contributed by atoms with Crippen LogP contribution in [0.5, 0.6) is 5.75 Å². The predicted octanol–water partition coefficient (Wildman–Crippen LogP) is 5.56. The number of hydrogen-bond donors (Lipinski definition) is 1. The maximum Gasteiger partial charge on any atom is 0.320 e. The molecule has 154 valence electrons. The van der Waals surface area contributed by atoms with Gasteiger partial charge in [-0.3, -0.25) is 9.69 Å². The lowest BCUT2D eigenvalue weighted by atomic mass is 9.96. The number of halogens is 1. The molecule has 3 aromatic carbocycles. The van der Waals surface area contributed by atoms with E-state index in [0.29, 0.717) is 18.1 Å². The molecule has 0 spiro atoms. The Kier molecular flexibility index (Phi) is 6.36. The van der Waals surface area contributed by atoms with Crippen molar-refractivity contribution in [1.29, 1.82) is 0 Å². The van der Waals surface area contributed by atoms with E-state index < -0.39 is 12.0 Å². The van der Waals surface area contributed by atoms with Gasteiger partial charge in [-0.05, 0) is 53.8 Å². The SMILES string of the molecule is O=C(O)C1CCCN1C(c1ccc(Cl)cc1)c1ccc(OCc2ccccc2)cc1. The van der Waals surface area contributed by atoms with Crippen LogP contribution in [0.25, 0.3) is 0 Å². The molecule has 1 saturated heterocycles. The van der Waals surface area contributed by atoms with Gasteiger partial charge in [0.15, 0.2) is 0 Å². The van der Waals surface area contributed by atoms with Gasteiger partial charge in [-0.1, -0.05) is 66.2 Å². The summed E-state index contributed by atoms with van der Waals surface area (Å²) in [5, 5.41) is 10.4. The number of carbonyl (C=O) groups is 1. The summed E-state index contributed by atoms with van der Waals surface area (Å²) in [7, 11) is 0. The first-order chi connectivity index (χ1) is 14.6. The third kappa shape index (κ3) is 4.66. The van der Waals surface area contributed by atoms with E-state index in [2.05, 4.69) is 4.90 Å². The Morgan fingerprint density at radius 1 is 1.00 bits per heavy atom. The highest BCUT2D eigenvalue weighted by molar-refractivity contribution is 6.30. The molecule has 0 amide bonds. The van der Waals surface area contributed by atoms with Crippen molar-refractivity contribution in [1.82, 2.24) is 4.90 Å². The number of likely N-dealkylation sites (tertiary alicyclic amines) is 1. The molecule has 0 radical (unpaired) electrons. The molecule has 0 saturated carbocycles. The Morgan fingerprint density at radius 3 is 2.27 bits per heavy atom. The summed E-state index contributed by atoms with van der Waals surface area (Å²) < 4.78 is 5.91. The van der Waals surface area contributed by atoms with Gasteiger partial charge in [0, 0.05) is 11.6 Å². The quantitative estimate of drug-likeness (QED) is 0.542. The molecule has 1 heterocycles. The van der Waals surface area contributed by atoms with Crippen molar-refractivity contribution in [2.24, 2.45) is 0 Å². The van der Waals surface area contributed by atoms with Gasteiger partial charge in [-0.2, -0.15) is 0 Å².